The molecule has 2 saturated carbocycles. The molecule has 1 heteroatoms. The molecule has 70 valence electrons. The number of thiol groups is 1. The predicted molar refractivity (Wildman–Crippen MR) is 56.6 cm³/mol. The third-order valence-corrected chi connectivity index (χ3v) is 5.09. The molecule has 0 saturated heterocycles. The topological polar surface area (TPSA) is 0 Å². The van der Waals surface area contributed by atoms with Gasteiger partial charge < -0.3 is 0 Å². The van der Waals surface area contributed by atoms with Crippen molar-refractivity contribution in [1.29, 1.82) is 0 Å². The molecular weight excluding hydrogens is 164 g/mol. The van der Waals surface area contributed by atoms with E-state index in [0.717, 1.165) is 17.8 Å². The fraction of sp³-hybridized carbons (Fsp3) is 1.00. The van der Waals surface area contributed by atoms with Gasteiger partial charge in [-0.25, -0.2) is 0 Å². The summed E-state index contributed by atoms with van der Waals surface area (Å²) in [5.41, 5.74) is 0.656. The molecule has 0 nitrogen and oxygen atoms in total. The average molecular weight is 184 g/mol. The van der Waals surface area contributed by atoms with Crippen LogP contribution in [0.25, 0.3) is 0 Å². The first-order valence-electron chi connectivity index (χ1n) is 5.21. The summed E-state index contributed by atoms with van der Waals surface area (Å²) in [6, 6.07) is 0. The molecule has 2 rings (SSSR count). The average Bonchev–Trinajstić information content (AvgIpc) is 2.23. The van der Waals surface area contributed by atoms with Crippen LogP contribution in [0.2, 0.25) is 0 Å². The molecule has 5 atom stereocenters. The molecule has 2 bridgehead atoms. The summed E-state index contributed by atoms with van der Waals surface area (Å²) in [6.45, 7) is 7.31. The number of fused-ring (bicyclic) bond motifs is 2. The van der Waals surface area contributed by atoms with Crippen LogP contribution in [-0.4, -0.2) is 5.25 Å². The van der Waals surface area contributed by atoms with E-state index < -0.39 is 0 Å². The zero-order valence-electron chi connectivity index (χ0n) is 8.38. The molecule has 2 aliphatic carbocycles. The lowest BCUT2D eigenvalue weighted by atomic mass is 9.70. The highest BCUT2D eigenvalue weighted by molar-refractivity contribution is 7.81. The van der Waals surface area contributed by atoms with Crippen LogP contribution in [0.5, 0.6) is 0 Å². The van der Waals surface area contributed by atoms with E-state index in [4.69, 9.17) is 12.6 Å². The van der Waals surface area contributed by atoms with E-state index in [1.54, 1.807) is 0 Å². The fourth-order valence-electron chi connectivity index (χ4n) is 3.45. The first kappa shape index (κ1) is 8.93. The molecule has 0 radical (unpaired) electrons. The molecule has 0 spiro atoms. The molecule has 2 aliphatic rings. The van der Waals surface area contributed by atoms with E-state index in [-0.39, 0.29) is 0 Å². The van der Waals surface area contributed by atoms with Gasteiger partial charge in [0.05, 0.1) is 0 Å². The summed E-state index contributed by atoms with van der Waals surface area (Å²) in [5.74, 6) is 2.72. The van der Waals surface area contributed by atoms with E-state index >= 15 is 0 Å². The summed E-state index contributed by atoms with van der Waals surface area (Å²) in [7, 11) is 0. The predicted octanol–water partition coefficient (Wildman–Crippen LogP) is 3.38. The van der Waals surface area contributed by atoms with Crippen LogP contribution in [-0.2, 0) is 0 Å². The van der Waals surface area contributed by atoms with Crippen molar-refractivity contribution in [2.45, 2.75) is 45.3 Å². The van der Waals surface area contributed by atoms with Gasteiger partial charge in [-0.2, -0.15) is 12.6 Å². The zero-order valence-corrected chi connectivity index (χ0v) is 9.27. The smallest absolute Gasteiger partial charge is 0.00505 e. The molecule has 0 aromatic rings. The van der Waals surface area contributed by atoms with Crippen molar-refractivity contribution in [2.24, 2.45) is 23.2 Å². The van der Waals surface area contributed by atoms with E-state index in [2.05, 4.69) is 20.8 Å². The Morgan fingerprint density at radius 2 is 1.92 bits per heavy atom. The summed E-state index contributed by atoms with van der Waals surface area (Å²) in [6.07, 6.45) is 4.22. The van der Waals surface area contributed by atoms with Gasteiger partial charge in [0.1, 0.15) is 0 Å². The molecule has 2 fully saturated rings. The van der Waals surface area contributed by atoms with Gasteiger partial charge in [0.15, 0.2) is 0 Å². The largest absolute Gasteiger partial charge is 0.176 e. The third kappa shape index (κ3) is 1.13. The quantitative estimate of drug-likeness (QED) is 0.548. The first-order chi connectivity index (χ1) is 5.53. The van der Waals surface area contributed by atoms with Gasteiger partial charge >= 0.3 is 0 Å². The number of hydrogen-bond donors (Lipinski definition) is 1. The Balaban J connectivity index is 2.23. The molecule has 0 amide bonds. The minimum absolute atomic E-state index is 0.656. The lowest BCUT2D eigenvalue weighted by molar-refractivity contribution is 0.154. The Kier molecular flexibility index (Phi) is 1.98. The molecule has 0 N–H and O–H groups in total. The highest BCUT2D eigenvalue weighted by atomic mass is 32.1. The van der Waals surface area contributed by atoms with Crippen molar-refractivity contribution in [3.63, 3.8) is 0 Å². The second-order valence-electron chi connectivity index (χ2n) is 5.41. The van der Waals surface area contributed by atoms with E-state index in [0.29, 0.717) is 10.7 Å². The fourth-order valence-corrected chi connectivity index (χ4v) is 4.16. The third-order valence-electron chi connectivity index (χ3n) is 4.50. The van der Waals surface area contributed by atoms with Gasteiger partial charge in [0.2, 0.25) is 0 Å². The number of hydrogen-bond acceptors (Lipinski definition) is 1. The molecule has 0 aromatic carbocycles. The Morgan fingerprint density at radius 1 is 1.25 bits per heavy atom. The maximum Gasteiger partial charge on any atom is 0.00505 e. The van der Waals surface area contributed by atoms with Gasteiger partial charge in [-0.15, -0.1) is 0 Å². The minimum Gasteiger partial charge on any atom is -0.176 e. The van der Waals surface area contributed by atoms with Crippen LogP contribution in [0.3, 0.4) is 0 Å². The second-order valence-corrected chi connectivity index (χ2v) is 6.07. The SMILES string of the molecule is CC1CC2(C)CC1C(S)CC2C. The highest BCUT2D eigenvalue weighted by Crippen LogP contribution is 2.57. The van der Waals surface area contributed by atoms with Gasteiger partial charge in [0.25, 0.3) is 0 Å². The standard InChI is InChI=1S/C11H20S/c1-7-5-11(3)6-9(7)10(12)4-8(11)2/h7-10,12H,4-6H2,1-3H3. The monoisotopic (exact) mass is 184 g/mol. The summed E-state index contributed by atoms with van der Waals surface area (Å²) >= 11 is 4.72. The van der Waals surface area contributed by atoms with Crippen molar-refractivity contribution in [2.75, 3.05) is 0 Å². The molecule has 12 heavy (non-hydrogen) atoms. The van der Waals surface area contributed by atoms with Gasteiger partial charge in [-0.3, -0.25) is 0 Å². The van der Waals surface area contributed by atoms with Gasteiger partial charge in [-0.1, -0.05) is 20.8 Å². The van der Waals surface area contributed by atoms with E-state index in [1.807, 2.05) is 0 Å². The Hall–Kier alpha value is 0.350. The van der Waals surface area contributed by atoms with Crippen LogP contribution in [0.15, 0.2) is 0 Å². The van der Waals surface area contributed by atoms with Crippen molar-refractivity contribution < 1.29 is 0 Å². The van der Waals surface area contributed by atoms with Gasteiger partial charge in [-0.05, 0) is 42.4 Å². The first-order valence-corrected chi connectivity index (χ1v) is 5.72. The molecule has 0 aromatic heterocycles. The van der Waals surface area contributed by atoms with Crippen molar-refractivity contribution >= 4 is 12.6 Å². The Morgan fingerprint density at radius 3 is 2.58 bits per heavy atom. The zero-order chi connectivity index (χ0) is 8.93. The highest BCUT2D eigenvalue weighted by Gasteiger charge is 2.49. The summed E-state index contributed by atoms with van der Waals surface area (Å²) < 4.78 is 0. The maximum absolute atomic E-state index is 4.72. The summed E-state index contributed by atoms with van der Waals surface area (Å²) in [5, 5.41) is 0.686. The van der Waals surface area contributed by atoms with Crippen molar-refractivity contribution in [1.82, 2.24) is 0 Å². The maximum atomic E-state index is 4.72. The molecule has 0 heterocycles. The van der Waals surface area contributed by atoms with E-state index in [9.17, 15) is 0 Å². The van der Waals surface area contributed by atoms with Crippen LogP contribution in [0, 0.1) is 23.2 Å². The van der Waals surface area contributed by atoms with Gasteiger partial charge in [0, 0.05) is 5.25 Å². The lowest BCUT2D eigenvalue weighted by Gasteiger charge is -2.38. The lowest BCUT2D eigenvalue weighted by Crippen LogP contribution is -2.32. The number of rotatable bonds is 0. The van der Waals surface area contributed by atoms with Crippen LogP contribution < -0.4 is 0 Å². The van der Waals surface area contributed by atoms with Crippen LogP contribution >= 0.6 is 12.6 Å². The Labute approximate surface area is 81.5 Å². The second kappa shape index (κ2) is 2.67. The van der Waals surface area contributed by atoms with Crippen LogP contribution in [0.4, 0.5) is 0 Å². The normalized spacial score (nSPS) is 59.0. The Bertz CT molecular complexity index is 185. The van der Waals surface area contributed by atoms with E-state index in [1.165, 1.54) is 19.3 Å². The minimum atomic E-state index is 0.656. The van der Waals surface area contributed by atoms with Crippen LogP contribution in [0.1, 0.15) is 40.0 Å². The molecule has 5 unspecified atom stereocenters. The summed E-state index contributed by atoms with van der Waals surface area (Å²) in [4.78, 5) is 0. The van der Waals surface area contributed by atoms with Crippen molar-refractivity contribution in [3.8, 4) is 0 Å². The molecular formula is C11H20S. The molecule has 0 aliphatic heterocycles. The van der Waals surface area contributed by atoms with Crippen molar-refractivity contribution in [3.05, 3.63) is 0 Å².